The highest BCUT2D eigenvalue weighted by Crippen LogP contribution is 2.17. The third kappa shape index (κ3) is 3.96. The average Bonchev–Trinajstić information content (AvgIpc) is 3.46. The molecule has 0 aliphatic carbocycles. The van der Waals surface area contributed by atoms with Crippen LogP contribution in [0.5, 0.6) is 0 Å². The predicted octanol–water partition coefficient (Wildman–Crippen LogP) is 0.722. The van der Waals surface area contributed by atoms with Crippen LogP contribution >= 0.6 is 0 Å². The highest BCUT2D eigenvalue weighted by Gasteiger charge is 2.28. The predicted molar refractivity (Wildman–Crippen MR) is 104 cm³/mol. The molecule has 1 aliphatic heterocycles. The van der Waals surface area contributed by atoms with Gasteiger partial charge in [-0.3, -0.25) is 9.59 Å². The first-order valence-corrected chi connectivity index (χ1v) is 9.34. The van der Waals surface area contributed by atoms with Crippen molar-refractivity contribution in [2.24, 2.45) is 0 Å². The molecule has 3 aromatic rings. The topological polar surface area (TPSA) is 109 Å². The van der Waals surface area contributed by atoms with E-state index in [-0.39, 0.29) is 11.8 Å². The Kier molecular flexibility index (Phi) is 5.23. The van der Waals surface area contributed by atoms with Crippen molar-refractivity contribution in [2.75, 3.05) is 31.1 Å². The minimum Gasteiger partial charge on any atom is -0.472 e. The lowest BCUT2D eigenvalue weighted by Crippen LogP contribution is -2.54. The van der Waals surface area contributed by atoms with E-state index in [1.807, 2.05) is 35.2 Å². The van der Waals surface area contributed by atoms with Crippen LogP contribution < -0.4 is 10.2 Å². The van der Waals surface area contributed by atoms with E-state index in [0.29, 0.717) is 37.7 Å². The number of carbonyl (C=O) groups excluding carboxylic acids is 2. The fraction of sp³-hybridized carbons (Fsp3) is 0.316. The van der Waals surface area contributed by atoms with Crippen LogP contribution in [0, 0.1) is 0 Å². The number of carbonyl (C=O) groups is 2. The van der Waals surface area contributed by atoms with Gasteiger partial charge in [0.05, 0.1) is 17.5 Å². The van der Waals surface area contributed by atoms with E-state index in [1.165, 1.54) is 12.5 Å². The Morgan fingerprint density at radius 3 is 2.55 bits per heavy atom. The lowest BCUT2D eigenvalue weighted by atomic mass is 10.2. The van der Waals surface area contributed by atoms with E-state index in [9.17, 15) is 9.59 Å². The summed E-state index contributed by atoms with van der Waals surface area (Å²) in [5, 5.41) is 14.7. The molecule has 2 aromatic heterocycles. The summed E-state index contributed by atoms with van der Waals surface area (Å²) in [6, 6.07) is 10.6. The first-order valence-electron chi connectivity index (χ1n) is 9.34. The Hall–Kier alpha value is -3.69. The highest BCUT2D eigenvalue weighted by atomic mass is 16.3. The van der Waals surface area contributed by atoms with E-state index in [2.05, 4.69) is 20.8 Å². The lowest BCUT2D eigenvalue weighted by Gasteiger charge is -2.36. The maximum absolute atomic E-state index is 12.7. The van der Waals surface area contributed by atoms with E-state index < -0.39 is 6.04 Å². The molecule has 1 aliphatic rings. The third-order valence-electron chi connectivity index (χ3n) is 4.83. The number of furan rings is 1. The third-order valence-corrected chi connectivity index (χ3v) is 4.83. The SMILES string of the molecule is C[C@H](NC(=O)c1ccoc1)C(=O)N1CCN(c2nnnn2-c2ccccc2)CC1. The van der Waals surface area contributed by atoms with E-state index in [4.69, 9.17) is 4.42 Å². The molecule has 1 fully saturated rings. The van der Waals surface area contributed by atoms with Crippen molar-refractivity contribution < 1.29 is 14.0 Å². The van der Waals surface area contributed by atoms with Gasteiger partial charge in [0.25, 0.3) is 5.91 Å². The molecular weight excluding hydrogens is 374 g/mol. The number of piperazine rings is 1. The molecule has 0 saturated carbocycles. The number of hydrogen-bond donors (Lipinski definition) is 1. The summed E-state index contributed by atoms with van der Waals surface area (Å²) in [5.74, 6) is 0.189. The van der Waals surface area contributed by atoms with Crippen molar-refractivity contribution in [3.05, 3.63) is 54.5 Å². The van der Waals surface area contributed by atoms with Gasteiger partial charge in [-0.2, -0.15) is 4.68 Å². The highest BCUT2D eigenvalue weighted by molar-refractivity contribution is 5.97. The number of nitrogens with one attached hydrogen (secondary N) is 1. The van der Waals surface area contributed by atoms with Crippen molar-refractivity contribution in [2.45, 2.75) is 13.0 Å². The Morgan fingerprint density at radius 2 is 1.86 bits per heavy atom. The molecule has 1 atom stereocenters. The summed E-state index contributed by atoms with van der Waals surface area (Å²) >= 11 is 0. The molecule has 0 radical (unpaired) electrons. The lowest BCUT2D eigenvalue weighted by molar-refractivity contribution is -0.133. The van der Waals surface area contributed by atoms with Crippen molar-refractivity contribution in [3.8, 4) is 5.69 Å². The first kappa shape index (κ1) is 18.7. The van der Waals surface area contributed by atoms with Crippen molar-refractivity contribution in [3.63, 3.8) is 0 Å². The standard InChI is InChI=1S/C19H21N7O3/c1-14(20-17(27)15-7-12-29-13-15)18(28)24-8-10-25(11-9-24)19-21-22-23-26(19)16-5-3-2-4-6-16/h2-7,12-14H,8-11H2,1H3,(H,20,27)/t14-/m0/s1. The first-order chi connectivity index (χ1) is 14.1. The zero-order valence-corrected chi connectivity index (χ0v) is 15.9. The largest absolute Gasteiger partial charge is 0.472 e. The maximum atomic E-state index is 12.7. The molecule has 1 saturated heterocycles. The maximum Gasteiger partial charge on any atom is 0.255 e. The van der Waals surface area contributed by atoms with Gasteiger partial charge in [0, 0.05) is 26.2 Å². The Bertz CT molecular complexity index is 963. The molecule has 150 valence electrons. The minimum absolute atomic E-state index is 0.121. The number of hydrogen-bond acceptors (Lipinski definition) is 7. The number of aromatic nitrogens is 4. The summed E-state index contributed by atoms with van der Waals surface area (Å²) in [6.07, 6.45) is 2.77. The Balaban J connectivity index is 1.36. The molecule has 10 nitrogen and oxygen atoms in total. The normalized spacial score (nSPS) is 15.2. The summed E-state index contributed by atoms with van der Waals surface area (Å²) < 4.78 is 6.59. The number of amides is 2. The second-order valence-corrected chi connectivity index (χ2v) is 6.75. The van der Waals surface area contributed by atoms with Gasteiger partial charge in [-0.25, -0.2) is 0 Å². The number of para-hydroxylation sites is 1. The van der Waals surface area contributed by atoms with Gasteiger partial charge in [-0.15, -0.1) is 0 Å². The molecule has 0 bridgehead atoms. The van der Waals surface area contributed by atoms with Crippen LogP contribution in [0.25, 0.3) is 5.69 Å². The quantitative estimate of drug-likeness (QED) is 0.678. The van der Waals surface area contributed by atoms with Crippen molar-refractivity contribution >= 4 is 17.8 Å². The van der Waals surface area contributed by atoms with Crippen LogP contribution in [-0.2, 0) is 4.79 Å². The second kappa shape index (κ2) is 8.13. The Morgan fingerprint density at radius 1 is 1.10 bits per heavy atom. The fourth-order valence-corrected chi connectivity index (χ4v) is 3.25. The molecule has 0 spiro atoms. The molecule has 1 aromatic carbocycles. The van der Waals surface area contributed by atoms with Crippen molar-refractivity contribution in [1.29, 1.82) is 0 Å². The van der Waals surface area contributed by atoms with Gasteiger partial charge in [0.15, 0.2) is 0 Å². The molecule has 0 unspecified atom stereocenters. The smallest absolute Gasteiger partial charge is 0.255 e. The number of benzene rings is 1. The zero-order valence-electron chi connectivity index (χ0n) is 15.9. The Labute approximate surface area is 167 Å². The fourth-order valence-electron chi connectivity index (χ4n) is 3.25. The average molecular weight is 395 g/mol. The summed E-state index contributed by atoms with van der Waals surface area (Å²) in [4.78, 5) is 28.6. The van der Waals surface area contributed by atoms with E-state index in [0.717, 1.165) is 5.69 Å². The monoisotopic (exact) mass is 395 g/mol. The molecule has 3 heterocycles. The van der Waals surface area contributed by atoms with Gasteiger partial charge < -0.3 is 19.5 Å². The minimum atomic E-state index is -0.626. The van der Waals surface area contributed by atoms with Crippen LogP contribution in [0.15, 0.2) is 53.3 Å². The number of anilines is 1. The molecule has 2 amide bonds. The van der Waals surface area contributed by atoms with Crippen LogP contribution in [-0.4, -0.2) is 69.1 Å². The number of rotatable bonds is 5. The van der Waals surface area contributed by atoms with Gasteiger partial charge >= 0.3 is 0 Å². The molecule has 10 heteroatoms. The molecule has 29 heavy (non-hydrogen) atoms. The number of tetrazole rings is 1. The van der Waals surface area contributed by atoms with Gasteiger partial charge in [-0.05, 0) is 35.5 Å². The van der Waals surface area contributed by atoms with Gasteiger partial charge in [0.1, 0.15) is 12.3 Å². The van der Waals surface area contributed by atoms with Crippen LogP contribution in [0.4, 0.5) is 5.95 Å². The molecular formula is C19H21N7O3. The van der Waals surface area contributed by atoms with Crippen molar-refractivity contribution in [1.82, 2.24) is 30.4 Å². The van der Waals surface area contributed by atoms with Gasteiger partial charge in [-0.1, -0.05) is 23.3 Å². The van der Waals surface area contributed by atoms with Crippen LogP contribution in [0.2, 0.25) is 0 Å². The molecule has 1 N–H and O–H groups in total. The second-order valence-electron chi connectivity index (χ2n) is 6.75. The van der Waals surface area contributed by atoms with Crippen LogP contribution in [0.3, 0.4) is 0 Å². The zero-order chi connectivity index (χ0) is 20.2. The summed E-state index contributed by atoms with van der Waals surface area (Å²) in [5.41, 5.74) is 1.27. The number of nitrogens with zero attached hydrogens (tertiary/aromatic N) is 6. The van der Waals surface area contributed by atoms with Gasteiger partial charge in [0.2, 0.25) is 11.9 Å². The summed E-state index contributed by atoms with van der Waals surface area (Å²) in [6.45, 7) is 3.92. The van der Waals surface area contributed by atoms with Crippen LogP contribution in [0.1, 0.15) is 17.3 Å². The molecule has 4 rings (SSSR count). The van der Waals surface area contributed by atoms with E-state index in [1.54, 1.807) is 22.6 Å². The summed E-state index contributed by atoms with van der Waals surface area (Å²) in [7, 11) is 0. The van der Waals surface area contributed by atoms with E-state index >= 15 is 0 Å².